The third-order valence-corrected chi connectivity index (χ3v) is 5.78. The molecule has 1 unspecified atom stereocenters. The molecule has 2 heterocycles. The summed E-state index contributed by atoms with van der Waals surface area (Å²) in [5, 5.41) is 7.59. The van der Waals surface area contributed by atoms with Crippen LogP contribution in [0.3, 0.4) is 0 Å². The van der Waals surface area contributed by atoms with Gasteiger partial charge in [-0.2, -0.15) is 5.10 Å². The first kappa shape index (κ1) is 14.1. The Hall–Kier alpha value is -1.52. The Balaban J connectivity index is 1.34. The zero-order chi connectivity index (χ0) is 15.1. The Morgan fingerprint density at radius 3 is 2.68 bits per heavy atom. The number of carbonyl (C=O) groups is 1. The Kier molecular flexibility index (Phi) is 3.59. The normalized spacial score (nSPS) is 34.1. The first-order valence-electron chi connectivity index (χ1n) is 8.76. The lowest BCUT2D eigenvalue weighted by atomic mass is 10.0. The summed E-state index contributed by atoms with van der Waals surface area (Å²) in [4.78, 5) is 14.9. The van der Waals surface area contributed by atoms with E-state index < -0.39 is 0 Å². The van der Waals surface area contributed by atoms with Crippen molar-refractivity contribution < 1.29 is 4.79 Å². The maximum atomic E-state index is 12.5. The molecule has 1 aliphatic heterocycles. The number of carbonyl (C=O) groups excluding carboxylic acids is 1. The Bertz CT molecular complexity index is 543. The van der Waals surface area contributed by atoms with E-state index in [1.165, 1.54) is 31.4 Å². The van der Waals surface area contributed by atoms with Gasteiger partial charge in [-0.15, -0.1) is 0 Å². The number of amides is 1. The molecule has 5 nitrogen and oxygen atoms in total. The lowest BCUT2D eigenvalue weighted by Crippen LogP contribution is -2.48. The van der Waals surface area contributed by atoms with Crippen LogP contribution in [0.25, 0.3) is 0 Å². The van der Waals surface area contributed by atoms with Crippen molar-refractivity contribution in [2.75, 3.05) is 18.0 Å². The number of nitrogens with one attached hydrogen (secondary N) is 1. The van der Waals surface area contributed by atoms with E-state index >= 15 is 0 Å². The van der Waals surface area contributed by atoms with Crippen molar-refractivity contribution in [3.05, 3.63) is 12.4 Å². The number of fused-ring (bicyclic) bond motifs is 1. The fourth-order valence-electron chi connectivity index (χ4n) is 4.58. The lowest BCUT2D eigenvalue weighted by molar-refractivity contribution is -0.123. The minimum atomic E-state index is 0.295. The zero-order valence-electron chi connectivity index (χ0n) is 13.4. The number of piperidine rings is 1. The minimum absolute atomic E-state index is 0.295. The molecule has 3 fully saturated rings. The van der Waals surface area contributed by atoms with Gasteiger partial charge in [-0.25, -0.2) is 0 Å². The summed E-state index contributed by atoms with van der Waals surface area (Å²) < 4.78 is 1.84. The molecular weight excluding hydrogens is 276 g/mol. The van der Waals surface area contributed by atoms with Crippen LogP contribution >= 0.6 is 0 Å². The number of aryl methyl sites for hydroxylation is 1. The summed E-state index contributed by atoms with van der Waals surface area (Å²) in [5.41, 5.74) is 1.17. The molecule has 2 saturated carbocycles. The van der Waals surface area contributed by atoms with E-state index in [0.717, 1.165) is 25.9 Å². The molecule has 0 aromatic carbocycles. The summed E-state index contributed by atoms with van der Waals surface area (Å²) in [7, 11) is 1.95. The van der Waals surface area contributed by atoms with Gasteiger partial charge in [0.15, 0.2) is 0 Å². The lowest BCUT2D eigenvalue weighted by Gasteiger charge is -2.33. The quantitative estimate of drug-likeness (QED) is 0.928. The van der Waals surface area contributed by atoms with Crippen molar-refractivity contribution in [3.63, 3.8) is 0 Å². The molecule has 0 spiro atoms. The van der Waals surface area contributed by atoms with Crippen molar-refractivity contribution >= 4 is 11.6 Å². The van der Waals surface area contributed by atoms with Crippen LogP contribution in [0.15, 0.2) is 12.4 Å². The molecule has 0 bridgehead atoms. The Morgan fingerprint density at radius 2 is 2.00 bits per heavy atom. The molecule has 120 valence electrons. The van der Waals surface area contributed by atoms with Gasteiger partial charge < -0.3 is 10.2 Å². The van der Waals surface area contributed by atoms with Crippen LogP contribution in [-0.4, -0.2) is 34.8 Å². The van der Waals surface area contributed by atoms with Gasteiger partial charge in [-0.3, -0.25) is 9.48 Å². The number of aromatic nitrogens is 2. The van der Waals surface area contributed by atoms with E-state index in [4.69, 9.17) is 0 Å². The maximum Gasteiger partial charge on any atom is 0.223 e. The zero-order valence-corrected chi connectivity index (χ0v) is 13.4. The third kappa shape index (κ3) is 2.61. The van der Waals surface area contributed by atoms with Gasteiger partial charge in [-0.1, -0.05) is 12.8 Å². The second-order valence-corrected chi connectivity index (χ2v) is 7.30. The fraction of sp³-hybridized carbons (Fsp3) is 0.765. The molecule has 1 aromatic rings. The van der Waals surface area contributed by atoms with Crippen LogP contribution in [0.2, 0.25) is 0 Å². The molecule has 2 aliphatic carbocycles. The highest BCUT2D eigenvalue weighted by Gasteiger charge is 2.54. The highest BCUT2D eigenvalue weighted by atomic mass is 16.2. The second-order valence-electron chi connectivity index (χ2n) is 7.30. The number of anilines is 1. The number of nitrogens with zero attached hydrogens (tertiary/aromatic N) is 3. The predicted molar refractivity (Wildman–Crippen MR) is 85.5 cm³/mol. The summed E-state index contributed by atoms with van der Waals surface area (Å²) in [6.07, 6.45) is 11.4. The molecule has 4 rings (SSSR count). The minimum Gasteiger partial charge on any atom is -0.367 e. The number of rotatable bonds is 3. The van der Waals surface area contributed by atoms with Crippen LogP contribution in [0, 0.1) is 17.8 Å². The molecule has 22 heavy (non-hydrogen) atoms. The number of hydrogen-bond acceptors (Lipinski definition) is 3. The van der Waals surface area contributed by atoms with Crippen LogP contribution < -0.4 is 10.2 Å². The molecule has 0 radical (unpaired) electrons. The molecule has 3 aliphatic rings. The molecule has 1 aromatic heterocycles. The van der Waals surface area contributed by atoms with Crippen molar-refractivity contribution in [1.82, 2.24) is 15.1 Å². The third-order valence-electron chi connectivity index (χ3n) is 5.78. The standard InChI is InChI=1S/C17H26N4O/c1-20-11-13(9-18-20)21-8-4-5-12(10-21)19-17(22)16-14-6-2-3-7-15(14)16/h9,11-12,14-16H,2-8,10H2,1H3,(H,19,22)/t12-,14-,15+,16?/m1/s1. The van der Waals surface area contributed by atoms with Crippen molar-refractivity contribution in [2.45, 2.75) is 44.6 Å². The van der Waals surface area contributed by atoms with Crippen molar-refractivity contribution in [1.29, 1.82) is 0 Å². The van der Waals surface area contributed by atoms with Gasteiger partial charge >= 0.3 is 0 Å². The van der Waals surface area contributed by atoms with Crippen molar-refractivity contribution in [2.24, 2.45) is 24.8 Å². The maximum absolute atomic E-state index is 12.5. The van der Waals surface area contributed by atoms with Crippen LogP contribution in [0.4, 0.5) is 5.69 Å². The van der Waals surface area contributed by atoms with E-state index in [-0.39, 0.29) is 0 Å². The number of hydrogen-bond donors (Lipinski definition) is 1. The molecular formula is C17H26N4O. The Morgan fingerprint density at radius 1 is 1.23 bits per heavy atom. The summed E-state index contributed by atoms with van der Waals surface area (Å²) in [5.74, 6) is 2.06. The van der Waals surface area contributed by atoms with Gasteiger partial charge in [0.2, 0.25) is 5.91 Å². The monoisotopic (exact) mass is 302 g/mol. The molecule has 5 heteroatoms. The van der Waals surface area contributed by atoms with Crippen LogP contribution in [0.1, 0.15) is 38.5 Å². The van der Waals surface area contributed by atoms with E-state index in [1.54, 1.807) is 0 Å². The smallest absolute Gasteiger partial charge is 0.223 e. The van der Waals surface area contributed by atoms with Gasteiger partial charge in [0.25, 0.3) is 0 Å². The predicted octanol–water partition coefficient (Wildman–Crippen LogP) is 1.94. The molecule has 1 saturated heterocycles. The highest BCUT2D eigenvalue weighted by Crippen LogP contribution is 2.55. The van der Waals surface area contributed by atoms with Crippen LogP contribution in [-0.2, 0) is 11.8 Å². The topological polar surface area (TPSA) is 50.2 Å². The summed E-state index contributed by atoms with van der Waals surface area (Å²) in [6, 6.07) is 0.295. The average molecular weight is 302 g/mol. The molecule has 4 atom stereocenters. The average Bonchev–Trinajstić information content (AvgIpc) is 3.11. The SMILES string of the molecule is Cn1cc(N2CCC[C@@H](NC(=O)C3[C@H]4CCCC[C@@H]34)C2)cn1. The second kappa shape index (κ2) is 5.60. The van der Waals surface area contributed by atoms with E-state index in [1.807, 2.05) is 17.9 Å². The first-order valence-corrected chi connectivity index (χ1v) is 8.76. The van der Waals surface area contributed by atoms with Gasteiger partial charge in [0, 0.05) is 38.3 Å². The van der Waals surface area contributed by atoms with E-state index in [0.29, 0.717) is 29.7 Å². The van der Waals surface area contributed by atoms with Crippen LogP contribution in [0.5, 0.6) is 0 Å². The highest BCUT2D eigenvalue weighted by molar-refractivity contribution is 5.82. The Labute approximate surface area is 132 Å². The van der Waals surface area contributed by atoms with E-state index in [9.17, 15) is 4.79 Å². The largest absolute Gasteiger partial charge is 0.367 e. The molecule has 1 amide bonds. The van der Waals surface area contributed by atoms with Gasteiger partial charge in [-0.05, 0) is 37.5 Å². The summed E-state index contributed by atoms with van der Waals surface area (Å²) >= 11 is 0. The first-order chi connectivity index (χ1) is 10.7. The fourth-order valence-corrected chi connectivity index (χ4v) is 4.58. The van der Waals surface area contributed by atoms with E-state index in [2.05, 4.69) is 21.5 Å². The van der Waals surface area contributed by atoms with Gasteiger partial charge in [0.05, 0.1) is 11.9 Å². The molecule has 1 N–H and O–H groups in total. The van der Waals surface area contributed by atoms with Crippen molar-refractivity contribution in [3.8, 4) is 0 Å². The summed E-state index contributed by atoms with van der Waals surface area (Å²) in [6.45, 7) is 1.98. The van der Waals surface area contributed by atoms with Gasteiger partial charge in [0.1, 0.15) is 0 Å².